The van der Waals surface area contributed by atoms with Gasteiger partial charge in [0.1, 0.15) is 11.6 Å². The Hall–Kier alpha value is -3.53. The van der Waals surface area contributed by atoms with Gasteiger partial charge in [0.15, 0.2) is 11.5 Å². The molecule has 0 spiro atoms. The Morgan fingerprint density at radius 2 is 1.67 bits per heavy atom. The minimum Gasteiger partial charge on any atom is -0.493 e. The Labute approximate surface area is 170 Å². The molecule has 0 atom stereocenters. The highest BCUT2D eigenvalue weighted by atomic mass is 19.1. The van der Waals surface area contributed by atoms with E-state index in [0.29, 0.717) is 28.1 Å². The highest BCUT2D eigenvalue weighted by molar-refractivity contribution is 6.21. The van der Waals surface area contributed by atoms with Gasteiger partial charge in [-0.3, -0.25) is 24.5 Å². The van der Waals surface area contributed by atoms with E-state index in [2.05, 4.69) is 0 Å². The van der Waals surface area contributed by atoms with Crippen LogP contribution >= 0.6 is 0 Å². The predicted octanol–water partition coefficient (Wildman–Crippen LogP) is 2.78. The van der Waals surface area contributed by atoms with E-state index in [1.807, 2.05) is 0 Å². The van der Waals surface area contributed by atoms with Crippen LogP contribution < -0.4 is 14.5 Å². The van der Waals surface area contributed by atoms with Crippen LogP contribution in [0.15, 0.2) is 30.3 Å². The first-order valence-electron chi connectivity index (χ1n) is 8.97. The Morgan fingerprint density at radius 1 is 1.07 bits per heavy atom. The Kier molecular flexibility index (Phi) is 5.97. The second-order valence-corrected chi connectivity index (χ2v) is 6.26. The van der Waals surface area contributed by atoms with Crippen LogP contribution in [0.25, 0.3) is 0 Å². The number of hydrogen-bond acceptors (Lipinski definition) is 6. The zero-order valence-electron chi connectivity index (χ0n) is 16.1. The van der Waals surface area contributed by atoms with Crippen LogP contribution in [0.3, 0.4) is 0 Å². The molecule has 3 rings (SSSR count). The summed E-state index contributed by atoms with van der Waals surface area (Å²) in [6, 6.07) is 5.79. The average molecular weight is 420 g/mol. The third kappa shape index (κ3) is 3.69. The van der Waals surface area contributed by atoms with Crippen molar-refractivity contribution >= 4 is 23.4 Å². The molecule has 0 aromatic heterocycles. The topological polar surface area (TPSA) is 96.4 Å². The van der Waals surface area contributed by atoms with Gasteiger partial charge >= 0.3 is 0 Å². The maximum Gasteiger partial charge on any atom is 0.264 e. The van der Waals surface area contributed by atoms with Crippen molar-refractivity contribution in [3.05, 3.63) is 53.1 Å². The molecule has 1 heterocycles. The van der Waals surface area contributed by atoms with E-state index in [4.69, 9.17) is 9.47 Å². The summed E-state index contributed by atoms with van der Waals surface area (Å²) in [6.45, 7) is 1.61. The van der Waals surface area contributed by atoms with Crippen molar-refractivity contribution in [3.63, 3.8) is 0 Å². The number of ether oxygens (including phenoxy) is 2. The zero-order chi connectivity index (χ0) is 22.0. The number of methoxy groups -OCH3 is 1. The number of imide groups is 1. The highest BCUT2D eigenvalue weighted by Gasteiger charge is 2.40. The van der Waals surface area contributed by atoms with E-state index >= 15 is 0 Å². The summed E-state index contributed by atoms with van der Waals surface area (Å²) in [6.07, 6.45) is -0.471. The standard InChI is InChI=1S/C20H18F2N2O6/c1-3-30-15-10-11(4-7-14(15)29-2)24(28)16(25)8-9-23-19(26)17-12(21)5-6-13(22)18(17)20(23)27/h4-7,10,28H,3,8-9H2,1-2H3. The second kappa shape index (κ2) is 8.46. The number of carbonyl (C=O) groups is 3. The summed E-state index contributed by atoms with van der Waals surface area (Å²) in [5.74, 6) is -4.26. The molecule has 2 aromatic rings. The van der Waals surface area contributed by atoms with E-state index in [1.165, 1.54) is 25.3 Å². The molecule has 0 unspecified atom stereocenters. The molecule has 3 amide bonds. The molecule has 0 bridgehead atoms. The maximum atomic E-state index is 13.9. The number of nitrogens with zero attached hydrogens (tertiary/aromatic N) is 2. The van der Waals surface area contributed by atoms with Gasteiger partial charge in [-0.25, -0.2) is 8.78 Å². The SMILES string of the molecule is CCOc1cc(N(O)C(=O)CCN2C(=O)c3c(F)ccc(F)c3C2=O)ccc1OC. The van der Waals surface area contributed by atoms with Crippen LogP contribution in [-0.2, 0) is 4.79 Å². The van der Waals surface area contributed by atoms with E-state index in [0.717, 1.165) is 12.1 Å². The molecule has 0 radical (unpaired) electrons. The molecule has 1 aliphatic rings. The Morgan fingerprint density at radius 3 is 2.20 bits per heavy atom. The fourth-order valence-electron chi connectivity index (χ4n) is 3.06. The summed E-state index contributed by atoms with van der Waals surface area (Å²) >= 11 is 0. The van der Waals surface area contributed by atoms with Gasteiger partial charge < -0.3 is 9.47 Å². The van der Waals surface area contributed by atoms with E-state index in [1.54, 1.807) is 6.92 Å². The molecule has 2 aromatic carbocycles. The van der Waals surface area contributed by atoms with E-state index in [-0.39, 0.29) is 5.69 Å². The highest BCUT2D eigenvalue weighted by Crippen LogP contribution is 2.32. The number of anilines is 1. The number of halogens is 2. The number of rotatable bonds is 7. The summed E-state index contributed by atoms with van der Waals surface area (Å²) in [5.41, 5.74) is -1.25. The van der Waals surface area contributed by atoms with Gasteiger partial charge in [0, 0.05) is 19.0 Å². The average Bonchev–Trinajstić information content (AvgIpc) is 2.99. The fraction of sp³-hybridized carbons (Fsp3) is 0.250. The minimum absolute atomic E-state index is 0.0729. The van der Waals surface area contributed by atoms with Gasteiger partial charge in [-0.05, 0) is 31.2 Å². The summed E-state index contributed by atoms with van der Waals surface area (Å²) in [4.78, 5) is 37.5. The molecule has 30 heavy (non-hydrogen) atoms. The van der Waals surface area contributed by atoms with Crippen molar-refractivity contribution in [1.29, 1.82) is 0 Å². The van der Waals surface area contributed by atoms with Crippen LogP contribution in [0.4, 0.5) is 14.5 Å². The van der Waals surface area contributed by atoms with Crippen molar-refractivity contribution in [2.75, 3.05) is 25.3 Å². The number of hydrogen-bond donors (Lipinski definition) is 1. The maximum absolute atomic E-state index is 13.9. The summed E-state index contributed by atoms with van der Waals surface area (Å²) < 4.78 is 38.3. The lowest BCUT2D eigenvalue weighted by Crippen LogP contribution is -2.35. The minimum atomic E-state index is -1.03. The second-order valence-electron chi connectivity index (χ2n) is 6.26. The zero-order valence-corrected chi connectivity index (χ0v) is 16.1. The van der Waals surface area contributed by atoms with Crippen molar-refractivity contribution in [2.24, 2.45) is 0 Å². The first-order chi connectivity index (χ1) is 14.3. The van der Waals surface area contributed by atoms with Crippen LogP contribution in [0, 0.1) is 11.6 Å². The lowest BCUT2D eigenvalue weighted by molar-refractivity contribution is -0.123. The lowest BCUT2D eigenvalue weighted by atomic mass is 10.1. The molecular formula is C20H18F2N2O6. The lowest BCUT2D eigenvalue weighted by Gasteiger charge is -2.19. The Bertz CT molecular complexity index is 986. The van der Waals surface area contributed by atoms with Gasteiger partial charge in [0.2, 0.25) is 0 Å². The number of benzene rings is 2. The molecule has 8 nitrogen and oxygen atoms in total. The van der Waals surface area contributed by atoms with E-state index in [9.17, 15) is 28.4 Å². The summed E-state index contributed by atoms with van der Waals surface area (Å²) in [7, 11) is 1.44. The molecule has 158 valence electrons. The number of hydroxylamine groups is 1. The van der Waals surface area contributed by atoms with Gasteiger partial charge in [0.25, 0.3) is 17.7 Å². The monoisotopic (exact) mass is 420 g/mol. The molecule has 0 saturated heterocycles. The molecule has 1 aliphatic heterocycles. The molecule has 1 N–H and O–H groups in total. The molecule has 0 aliphatic carbocycles. The summed E-state index contributed by atoms with van der Waals surface area (Å²) in [5, 5.41) is 10.5. The third-order valence-electron chi connectivity index (χ3n) is 4.50. The van der Waals surface area contributed by atoms with Crippen LogP contribution in [0.2, 0.25) is 0 Å². The Balaban J connectivity index is 1.72. The van der Waals surface area contributed by atoms with Crippen LogP contribution in [-0.4, -0.2) is 48.1 Å². The van der Waals surface area contributed by atoms with Crippen molar-refractivity contribution < 1.29 is 37.8 Å². The largest absolute Gasteiger partial charge is 0.493 e. The van der Waals surface area contributed by atoms with Gasteiger partial charge in [-0.15, -0.1) is 0 Å². The number of carbonyl (C=O) groups excluding carboxylic acids is 3. The van der Waals surface area contributed by atoms with Gasteiger partial charge in [0.05, 0.1) is 30.5 Å². The van der Waals surface area contributed by atoms with Crippen molar-refractivity contribution in [2.45, 2.75) is 13.3 Å². The number of amides is 3. The quantitative estimate of drug-likeness (QED) is 0.420. The molecule has 10 heteroatoms. The predicted molar refractivity (Wildman–Crippen MR) is 99.8 cm³/mol. The smallest absolute Gasteiger partial charge is 0.264 e. The van der Waals surface area contributed by atoms with Gasteiger partial charge in [-0.1, -0.05) is 0 Å². The van der Waals surface area contributed by atoms with Crippen LogP contribution in [0.1, 0.15) is 34.1 Å². The molecule has 0 saturated carbocycles. The van der Waals surface area contributed by atoms with Crippen molar-refractivity contribution in [1.82, 2.24) is 4.90 Å². The normalized spacial score (nSPS) is 12.8. The van der Waals surface area contributed by atoms with Gasteiger partial charge in [-0.2, -0.15) is 5.06 Å². The van der Waals surface area contributed by atoms with E-state index < -0.39 is 53.4 Å². The molecule has 0 fully saturated rings. The third-order valence-corrected chi connectivity index (χ3v) is 4.50. The number of fused-ring (bicyclic) bond motifs is 1. The molecular weight excluding hydrogens is 402 g/mol. The van der Waals surface area contributed by atoms with Crippen LogP contribution in [0.5, 0.6) is 11.5 Å². The fourth-order valence-corrected chi connectivity index (χ4v) is 3.06. The first kappa shape index (κ1) is 21.2. The van der Waals surface area contributed by atoms with Crippen molar-refractivity contribution in [3.8, 4) is 11.5 Å². The first-order valence-corrected chi connectivity index (χ1v) is 8.97.